The summed E-state index contributed by atoms with van der Waals surface area (Å²) in [4.78, 5) is 59.4. The van der Waals surface area contributed by atoms with Gasteiger partial charge in [-0.15, -0.1) is 0 Å². The van der Waals surface area contributed by atoms with Crippen LogP contribution in [0, 0.1) is 5.92 Å². The normalized spacial score (nSPS) is 22.0. The predicted octanol–water partition coefficient (Wildman–Crippen LogP) is 4.14. The lowest BCUT2D eigenvalue weighted by Gasteiger charge is -2.39. The number of nitrogens with one attached hydrogen (secondary N) is 2. The minimum atomic E-state index is -0.476. The van der Waals surface area contributed by atoms with Gasteiger partial charge in [-0.25, -0.2) is 14.8 Å². The van der Waals surface area contributed by atoms with Crippen molar-refractivity contribution in [1.82, 2.24) is 40.2 Å². The lowest BCUT2D eigenvalue weighted by atomic mass is 9.96. The number of ether oxygens (including phenoxy) is 1. The number of hydrogen-bond donors (Lipinski definition) is 2. The third kappa shape index (κ3) is 11.1. The Bertz CT molecular complexity index is 1600. The van der Waals surface area contributed by atoms with Crippen LogP contribution in [0.4, 0.5) is 10.6 Å². The summed E-state index contributed by atoms with van der Waals surface area (Å²) in [5, 5.41) is 7.15. The maximum absolute atomic E-state index is 14.0. The maximum Gasteiger partial charge on any atom is 0.410 e. The Morgan fingerprint density at radius 3 is 2.20 bits per heavy atom. The Balaban J connectivity index is 0.895. The molecule has 3 amide bonds. The van der Waals surface area contributed by atoms with E-state index in [1.807, 2.05) is 54.8 Å². The molecule has 0 spiro atoms. The summed E-state index contributed by atoms with van der Waals surface area (Å²) >= 11 is 6.21. The monoisotopic (exact) mass is 779 g/mol. The van der Waals surface area contributed by atoms with E-state index in [9.17, 15) is 14.4 Å². The van der Waals surface area contributed by atoms with E-state index in [0.29, 0.717) is 75.1 Å². The Labute approximate surface area is 332 Å². The molecule has 1 aliphatic carbocycles. The fourth-order valence-corrected chi connectivity index (χ4v) is 8.73. The van der Waals surface area contributed by atoms with Crippen molar-refractivity contribution in [1.29, 1.82) is 0 Å². The van der Waals surface area contributed by atoms with E-state index in [2.05, 4.69) is 44.2 Å². The molecule has 0 radical (unpaired) electrons. The zero-order valence-corrected chi connectivity index (χ0v) is 34.3. The van der Waals surface area contributed by atoms with Crippen molar-refractivity contribution in [3.05, 3.63) is 52.4 Å². The summed E-state index contributed by atoms with van der Waals surface area (Å²) in [7, 11) is 0. The van der Waals surface area contributed by atoms with E-state index < -0.39 is 5.60 Å². The highest BCUT2D eigenvalue weighted by Crippen LogP contribution is 2.43. The molecule has 14 heteroatoms. The molecule has 0 saturated carbocycles. The molecule has 1 aromatic heterocycles. The molecule has 2 N–H and O–H groups in total. The second-order valence-electron chi connectivity index (χ2n) is 17.0. The van der Waals surface area contributed by atoms with Gasteiger partial charge >= 0.3 is 6.09 Å². The lowest BCUT2D eigenvalue weighted by Crippen LogP contribution is -2.51. The van der Waals surface area contributed by atoms with Crippen molar-refractivity contribution >= 4 is 35.3 Å². The number of carbonyl (C=O) groups excluding carboxylic acids is 3. The molecule has 0 unspecified atom stereocenters. The molecular weight excluding hydrogens is 718 g/mol. The fraction of sp³-hybridized carbons (Fsp3) is 0.683. The van der Waals surface area contributed by atoms with Crippen molar-refractivity contribution in [2.75, 3.05) is 103 Å². The Morgan fingerprint density at radius 2 is 1.53 bits per heavy atom. The zero-order chi connectivity index (χ0) is 39.1. The molecule has 4 aliphatic rings. The number of carbonyl (C=O) groups is 3. The van der Waals surface area contributed by atoms with Crippen LogP contribution in [0.3, 0.4) is 0 Å². The topological polar surface area (TPSA) is 126 Å². The molecule has 3 fully saturated rings. The number of amides is 3. The average Bonchev–Trinajstić information content (AvgIpc) is 3.46. The van der Waals surface area contributed by atoms with Gasteiger partial charge in [0.1, 0.15) is 17.7 Å². The molecule has 55 heavy (non-hydrogen) atoms. The van der Waals surface area contributed by atoms with Gasteiger partial charge in [-0.2, -0.15) is 0 Å². The van der Waals surface area contributed by atoms with Crippen molar-refractivity contribution in [2.24, 2.45) is 5.92 Å². The summed E-state index contributed by atoms with van der Waals surface area (Å²) in [6.45, 7) is 20.8. The van der Waals surface area contributed by atoms with Crippen molar-refractivity contribution in [3.8, 4) is 0 Å². The third-order valence-corrected chi connectivity index (χ3v) is 11.9. The molecule has 3 saturated heterocycles. The molecule has 6 rings (SSSR count). The van der Waals surface area contributed by atoms with Gasteiger partial charge < -0.3 is 30.1 Å². The van der Waals surface area contributed by atoms with Gasteiger partial charge in [0.05, 0.1) is 18.2 Å². The SMILES string of the molecule is C[C@@H]1C[C@@H](C)c2c1ncnc2N1CCN(C(=O)[C@H](CNCCNC(=O)CN2CCC(CN3CCN(C(=O)OC(C)(C)C)CC3)CC2)c2ccc(Cl)cc2)CC1. The highest BCUT2D eigenvalue weighted by atomic mass is 35.5. The number of anilines is 1. The summed E-state index contributed by atoms with van der Waals surface area (Å²) in [5.74, 6) is 2.27. The molecule has 4 heterocycles. The van der Waals surface area contributed by atoms with E-state index in [1.54, 1.807) is 6.33 Å². The summed E-state index contributed by atoms with van der Waals surface area (Å²) in [6.07, 6.45) is 4.70. The number of halogens is 1. The number of benzene rings is 1. The lowest BCUT2D eigenvalue weighted by molar-refractivity contribution is -0.133. The number of nitrogens with zero attached hydrogens (tertiary/aromatic N) is 7. The fourth-order valence-electron chi connectivity index (χ4n) is 8.61. The Morgan fingerprint density at radius 1 is 0.855 bits per heavy atom. The molecular formula is C41H62ClN9O4. The predicted molar refractivity (Wildman–Crippen MR) is 216 cm³/mol. The van der Waals surface area contributed by atoms with Gasteiger partial charge in [-0.3, -0.25) is 19.4 Å². The molecule has 1 aromatic carbocycles. The molecule has 3 aliphatic heterocycles. The Kier molecular flexibility index (Phi) is 13.9. The van der Waals surface area contributed by atoms with Crippen LogP contribution in [-0.4, -0.2) is 151 Å². The molecule has 3 atom stereocenters. The average molecular weight is 780 g/mol. The first-order chi connectivity index (χ1) is 26.3. The van der Waals surface area contributed by atoms with E-state index in [0.717, 1.165) is 76.5 Å². The number of rotatable bonds is 12. The zero-order valence-electron chi connectivity index (χ0n) is 33.6. The first-order valence-corrected chi connectivity index (χ1v) is 20.8. The summed E-state index contributed by atoms with van der Waals surface area (Å²) in [6, 6.07) is 7.55. The smallest absolute Gasteiger partial charge is 0.410 e. The largest absolute Gasteiger partial charge is 0.444 e. The second-order valence-corrected chi connectivity index (χ2v) is 17.4. The minimum absolute atomic E-state index is 0.0277. The number of piperidine rings is 1. The standard InChI is InChI=1S/C41H62ClN9O4/c1-29-24-30(2)37-36(29)38(46-28-45-37)49-20-22-50(23-21-49)39(53)34(32-6-8-33(42)9-7-32)25-43-12-13-44-35(52)27-47-14-10-31(11-15-47)26-48-16-18-51(19-17-48)40(54)55-41(3,4)5/h6-9,28-31,34,43H,10-27H2,1-5H3,(H,44,52)/t29-,30-,34-/m1/s1. The van der Waals surface area contributed by atoms with E-state index in [-0.39, 0.29) is 23.8 Å². The van der Waals surface area contributed by atoms with Crippen molar-refractivity contribution < 1.29 is 19.1 Å². The summed E-state index contributed by atoms with van der Waals surface area (Å²) in [5.41, 5.74) is 2.89. The third-order valence-electron chi connectivity index (χ3n) is 11.6. The van der Waals surface area contributed by atoms with Gasteiger partial charge in [0.15, 0.2) is 0 Å². The van der Waals surface area contributed by atoms with Crippen LogP contribution in [0.25, 0.3) is 0 Å². The summed E-state index contributed by atoms with van der Waals surface area (Å²) < 4.78 is 5.53. The van der Waals surface area contributed by atoms with Crippen molar-refractivity contribution in [2.45, 2.75) is 77.2 Å². The molecule has 302 valence electrons. The second kappa shape index (κ2) is 18.6. The minimum Gasteiger partial charge on any atom is -0.444 e. The quantitative estimate of drug-likeness (QED) is 0.304. The number of likely N-dealkylation sites (tertiary alicyclic amines) is 1. The molecule has 13 nitrogen and oxygen atoms in total. The van der Waals surface area contributed by atoms with Gasteiger partial charge in [0.2, 0.25) is 11.8 Å². The van der Waals surface area contributed by atoms with Crippen molar-refractivity contribution in [3.63, 3.8) is 0 Å². The molecule has 2 aromatic rings. The number of hydrogen-bond acceptors (Lipinski definition) is 10. The van der Waals surface area contributed by atoms with Gasteiger partial charge in [0.25, 0.3) is 0 Å². The van der Waals surface area contributed by atoms with E-state index >= 15 is 0 Å². The van der Waals surface area contributed by atoms with Crippen LogP contribution < -0.4 is 15.5 Å². The van der Waals surface area contributed by atoms with Crippen LogP contribution >= 0.6 is 11.6 Å². The van der Waals surface area contributed by atoms with Crippen LogP contribution in [0.15, 0.2) is 30.6 Å². The highest BCUT2D eigenvalue weighted by molar-refractivity contribution is 6.30. The first-order valence-electron chi connectivity index (χ1n) is 20.4. The number of piperazine rings is 2. The first kappa shape index (κ1) is 41.1. The maximum atomic E-state index is 14.0. The van der Waals surface area contributed by atoms with E-state index in [1.165, 1.54) is 11.3 Å². The van der Waals surface area contributed by atoms with Crippen LogP contribution in [-0.2, 0) is 14.3 Å². The van der Waals surface area contributed by atoms with Crippen LogP contribution in [0.2, 0.25) is 5.02 Å². The van der Waals surface area contributed by atoms with Crippen LogP contribution in [0.5, 0.6) is 0 Å². The number of aromatic nitrogens is 2. The highest BCUT2D eigenvalue weighted by Gasteiger charge is 2.34. The Hall–Kier alpha value is -3.52. The van der Waals surface area contributed by atoms with Gasteiger partial charge in [0, 0.05) is 89.1 Å². The van der Waals surface area contributed by atoms with Crippen LogP contribution in [0.1, 0.15) is 88.5 Å². The van der Waals surface area contributed by atoms with E-state index in [4.69, 9.17) is 21.3 Å². The van der Waals surface area contributed by atoms with Gasteiger partial charge in [-0.1, -0.05) is 37.6 Å². The molecule has 0 bridgehead atoms. The number of fused-ring (bicyclic) bond motifs is 1. The van der Waals surface area contributed by atoms with Gasteiger partial charge in [-0.05, 0) is 88.6 Å².